The first-order chi connectivity index (χ1) is 15.3. The summed E-state index contributed by atoms with van der Waals surface area (Å²) in [5.74, 6) is -0.0638. The van der Waals surface area contributed by atoms with Crippen LogP contribution in [0.3, 0.4) is 0 Å². The van der Waals surface area contributed by atoms with Crippen LogP contribution < -0.4 is 0 Å². The lowest BCUT2D eigenvalue weighted by atomic mass is 10.0. The van der Waals surface area contributed by atoms with Crippen LogP contribution >= 0.6 is 0 Å². The molecule has 0 amide bonds. The molecule has 0 saturated carbocycles. The van der Waals surface area contributed by atoms with Crippen molar-refractivity contribution in [2.45, 2.75) is 155 Å². The predicted octanol–water partition coefficient (Wildman–Crippen LogP) is 9.17. The summed E-state index contributed by atoms with van der Waals surface area (Å²) in [6.07, 6.45) is 28.9. The van der Waals surface area contributed by atoms with Crippen molar-refractivity contribution in [2.75, 3.05) is 19.8 Å². The third kappa shape index (κ3) is 27.4. The minimum absolute atomic E-state index is 0.0638. The Kier molecular flexibility index (Phi) is 27.0. The molecule has 0 heterocycles. The Morgan fingerprint density at radius 1 is 0.452 bits per heavy atom. The number of unbranched alkanes of at least 4 members (excludes halogenated alkanes) is 19. The van der Waals surface area contributed by atoms with E-state index in [4.69, 9.17) is 9.47 Å². The summed E-state index contributed by atoms with van der Waals surface area (Å²) in [5.41, 5.74) is 0. The zero-order chi connectivity index (χ0) is 22.7. The van der Waals surface area contributed by atoms with E-state index in [0.29, 0.717) is 19.6 Å². The van der Waals surface area contributed by atoms with Crippen molar-refractivity contribution in [3.05, 3.63) is 0 Å². The minimum Gasteiger partial charge on any atom is -0.463 e. The number of rotatable bonds is 26. The minimum atomic E-state index is -0.0638. The average molecular weight is 441 g/mol. The Labute approximate surface area is 195 Å². The summed E-state index contributed by atoms with van der Waals surface area (Å²) in [4.78, 5) is 11.6. The van der Waals surface area contributed by atoms with Crippen molar-refractivity contribution in [3.8, 4) is 0 Å². The number of esters is 1. The second-order valence-corrected chi connectivity index (χ2v) is 9.30. The molecule has 3 heteroatoms. The molecular formula is C28H56O3. The van der Waals surface area contributed by atoms with E-state index < -0.39 is 0 Å². The molecule has 0 fully saturated rings. The highest BCUT2D eigenvalue weighted by molar-refractivity contribution is 5.69. The quantitative estimate of drug-likeness (QED) is 0.0993. The Bertz CT molecular complexity index is 343. The topological polar surface area (TPSA) is 35.5 Å². The number of ether oxygens (including phenoxy) is 2. The van der Waals surface area contributed by atoms with Crippen molar-refractivity contribution < 1.29 is 14.3 Å². The van der Waals surface area contributed by atoms with Crippen LogP contribution in [0.5, 0.6) is 0 Å². The molecule has 31 heavy (non-hydrogen) atoms. The van der Waals surface area contributed by atoms with Crippen molar-refractivity contribution in [1.29, 1.82) is 0 Å². The molecule has 186 valence electrons. The van der Waals surface area contributed by atoms with Gasteiger partial charge in [-0.05, 0) is 12.8 Å². The largest absolute Gasteiger partial charge is 0.463 e. The number of hydrogen-bond acceptors (Lipinski definition) is 3. The maximum atomic E-state index is 11.6. The van der Waals surface area contributed by atoms with Gasteiger partial charge in [-0.2, -0.15) is 0 Å². The predicted molar refractivity (Wildman–Crippen MR) is 135 cm³/mol. The molecule has 0 bridgehead atoms. The smallest absolute Gasteiger partial charge is 0.305 e. The van der Waals surface area contributed by atoms with Crippen molar-refractivity contribution >= 4 is 5.97 Å². The third-order valence-electron chi connectivity index (χ3n) is 6.12. The van der Waals surface area contributed by atoms with Gasteiger partial charge in [-0.25, -0.2) is 0 Å². The molecule has 0 radical (unpaired) electrons. The van der Waals surface area contributed by atoms with Crippen LogP contribution in [-0.4, -0.2) is 25.8 Å². The molecule has 0 unspecified atom stereocenters. The molecule has 0 saturated heterocycles. The molecule has 0 aromatic carbocycles. The molecule has 0 atom stereocenters. The van der Waals surface area contributed by atoms with Gasteiger partial charge in [-0.1, -0.05) is 136 Å². The van der Waals surface area contributed by atoms with Gasteiger partial charge in [0.1, 0.15) is 6.61 Å². The van der Waals surface area contributed by atoms with Gasteiger partial charge < -0.3 is 9.47 Å². The van der Waals surface area contributed by atoms with E-state index in [0.717, 1.165) is 32.3 Å². The van der Waals surface area contributed by atoms with E-state index >= 15 is 0 Å². The van der Waals surface area contributed by atoms with Gasteiger partial charge in [0.25, 0.3) is 0 Å². The SMILES string of the molecule is CCCCCCCCCCCCCCCCCCCCCC(=O)OCCOCCCC. The molecule has 0 aliphatic carbocycles. The molecule has 0 N–H and O–H groups in total. The van der Waals surface area contributed by atoms with E-state index in [1.54, 1.807) is 0 Å². The van der Waals surface area contributed by atoms with Crippen LogP contribution in [0.1, 0.15) is 155 Å². The van der Waals surface area contributed by atoms with Gasteiger partial charge in [-0.3, -0.25) is 4.79 Å². The molecule has 0 spiro atoms. The number of carbonyl (C=O) groups is 1. The lowest BCUT2D eigenvalue weighted by Gasteiger charge is -2.06. The Morgan fingerprint density at radius 3 is 1.26 bits per heavy atom. The average Bonchev–Trinajstić information content (AvgIpc) is 2.77. The Morgan fingerprint density at radius 2 is 0.839 bits per heavy atom. The van der Waals surface area contributed by atoms with E-state index in [2.05, 4.69) is 13.8 Å². The third-order valence-corrected chi connectivity index (χ3v) is 6.12. The summed E-state index contributed by atoms with van der Waals surface area (Å²) in [6, 6.07) is 0. The van der Waals surface area contributed by atoms with Crippen molar-refractivity contribution in [1.82, 2.24) is 0 Å². The maximum Gasteiger partial charge on any atom is 0.305 e. The molecule has 0 rings (SSSR count). The second kappa shape index (κ2) is 27.5. The van der Waals surface area contributed by atoms with E-state index in [1.807, 2.05) is 0 Å². The summed E-state index contributed by atoms with van der Waals surface area (Å²) >= 11 is 0. The second-order valence-electron chi connectivity index (χ2n) is 9.30. The van der Waals surface area contributed by atoms with Crippen LogP contribution in [0, 0.1) is 0 Å². The maximum absolute atomic E-state index is 11.6. The summed E-state index contributed by atoms with van der Waals surface area (Å²) in [7, 11) is 0. The van der Waals surface area contributed by atoms with Crippen LogP contribution in [-0.2, 0) is 14.3 Å². The summed E-state index contributed by atoms with van der Waals surface area (Å²) in [6.45, 7) is 6.14. The number of carbonyl (C=O) groups excluding carboxylic acids is 1. The Hall–Kier alpha value is -0.570. The first-order valence-corrected chi connectivity index (χ1v) is 14.0. The van der Waals surface area contributed by atoms with Crippen molar-refractivity contribution in [2.24, 2.45) is 0 Å². The van der Waals surface area contributed by atoms with Crippen LogP contribution in [0.2, 0.25) is 0 Å². The first kappa shape index (κ1) is 30.4. The fraction of sp³-hybridized carbons (Fsp3) is 0.964. The van der Waals surface area contributed by atoms with Gasteiger partial charge in [-0.15, -0.1) is 0 Å². The fourth-order valence-corrected chi connectivity index (χ4v) is 3.98. The molecular weight excluding hydrogens is 384 g/mol. The molecule has 0 aliphatic heterocycles. The molecule has 0 aromatic rings. The molecule has 3 nitrogen and oxygen atoms in total. The van der Waals surface area contributed by atoms with Gasteiger partial charge in [0, 0.05) is 13.0 Å². The van der Waals surface area contributed by atoms with Crippen molar-refractivity contribution in [3.63, 3.8) is 0 Å². The number of hydrogen-bond donors (Lipinski definition) is 0. The fourth-order valence-electron chi connectivity index (χ4n) is 3.98. The summed E-state index contributed by atoms with van der Waals surface area (Å²) in [5, 5.41) is 0. The monoisotopic (exact) mass is 440 g/mol. The van der Waals surface area contributed by atoms with Crippen LogP contribution in [0.15, 0.2) is 0 Å². The highest BCUT2D eigenvalue weighted by atomic mass is 16.6. The van der Waals surface area contributed by atoms with E-state index in [-0.39, 0.29) is 5.97 Å². The normalized spacial score (nSPS) is 11.2. The zero-order valence-corrected chi connectivity index (χ0v) is 21.4. The summed E-state index contributed by atoms with van der Waals surface area (Å²) < 4.78 is 10.6. The first-order valence-electron chi connectivity index (χ1n) is 14.0. The van der Waals surface area contributed by atoms with E-state index in [9.17, 15) is 4.79 Å². The highest BCUT2D eigenvalue weighted by Gasteiger charge is 2.02. The lowest BCUT2D eigenvalue weighted by Crippen LogP contribution is -2.10. The standard InChI is InChI=1S/C28H56O3/c1-3-5-7-8-9-10-11-12-13-14-15-16-17-18-19-20-21-22-23-24-28(29)31-27-26-30-25-6-4-2/h3-27H2,1-2H3. The lowest BCUT2D eigenvalue weighted by molar-refractivity contribution is -0.145. The van der Waals surface area contributed by atoms with Gasteiger partial charge in [0.15, 0.2) is 0 Å². The van der Waals surface area contributed by atoms with Crippen LogP contribution in [0.4, 0.5) is 0 Å². The van der Waals surface area contributed by atoms with Gasteiger partial charge >= 0.3 is 5.97 Å². The zero-order valence-electron chi connectivity index (χ0n) is 21.4. The molecule has 0 aliphatic rings. The molecule has 0 aromatic heterocycles. The van der Waals surface area contributed by atoms with Gasteiger partial charge in [0.2, 0.25) is 0 Å². The Balaban J connectivity index is 3.09. The van der Waals surface area contributed by atoms with Crippen LogP contribution in [0.25, 0.3) is 0 Å². The van der Waals surface area contributed by atoms with E-state index in [1.165, 1.54) is 109 Å². The van der Waals surface area contributed by atoms with Gasteiger partial charge in [0.05, 0.1) is 6.61 Å². The highest BCUT2D eigenvalue weighted by Crippen LogP contribution is 2.14.